The highest BCUT2D eigenvalue weighted by molar-refractivity contribution is 8.22. The Morgan fingerprint density at radius 3 is 2.81 bits per heavy atom. The van der Waals surface area contributed by atoms with Crippen molar-refractivity contribution in [3.8, 4) is 0 Å². The second-order valence-electron chi connectivity index (χ2n) is 6.58. The van der Waals surface area contributed by atoms with Gasteiger partial charge in [-0.05, 0) is 13.5 Å². The highest BCUT2D eigenvalue weighted by atomic mass is 32.2. The van der Waals surface area contributed by atoms with Crippen molar-refractivity contribution < 1.29 is 14.7 Å². The van der Waals surface area contributed by atoms with Crippen LogP contribution >= 0.6 is 23.5 Å². The Morgan fingerprint density at radius 1 is 1.38 bits per heavy atom. The van der Waals surface area contributed by atoms with E-state index in [0.717, 1.165) is 22.1 Å². The van der Waals surface area contributed by atoms with Crippen LogP contribution in [0.3, 0.4) is 0 Å². The van der Waals surface area contributed by atoms with Gasteiger partial charge in [0.2, 0.25) is 5.91 Å². The smallest absolute Gasteiger partial charge is 0.236 e. The van der Waals surface area contributed by atoms with Crippen molar-refractivity contribution in [3.05, 3.63) is 46.3 Å². The number of amides is 1. The molecule has 1 fully saturated rings. The highest BCUT2D eigenvalue weighted by Gasteiger charge is 2.53. The molecule has 1 N–H and O–H groups in total. The Bertz CT molecular complexity index is 695. The number of aliphatic hydroxyl groups excluding tert-OH is 1. The zero-order valence-corrected chi connectivity index (χ0v) is 16.6. The minimum absolute atomic E-state index is 0.0259. The van der Waals surface area contributed by atoms with Gasteiger partial charge in [0.1, 0.15) is 5.37 Å². The third-order valence-corrected chi connectivity index (χ3v) is 7.18. The number of hydrogen-bond acceptors (Lipinski definition) is 6. The van der Waals surface area contributed by atoms with E-state index in [-0.39, 0.29) is 23.0 Å². The van der Waals surface area contributed by atoms with Crippen LogP contribution in [0.15, 0.2) is 40.8 Å². The second-order valence-corrected chi connectivity index (χ2v) is 9.13. The van der Waals surface area contributed by atoms with E-state index in [1.165, 1.54) is 0 Å². The lowest BCUT2D eigenvalue weighted by Gasteiger charge is -2.42. The molecule has 26 heavy (non-hydrogen) atoms. The summed E-state index contributed by atoms with van der Waals surface area (Å²) in [6, 6.07) is 9.34. The zero-order valence-electron chi connectivity index (χ0n) is 15.0. The molecule has 2 aliphatic heterocycles. The molecule has 1 aromatic rings. The van der Waals surface area contributed by atoms with E-state index in [9.17, 15) is 14.7 Å². The maximum atomic E-state index is 12.2. The molecule has 3 rings (SSSR count). The predicted octanol–water partition coefficient (Wildman–Crippen LogP) is 2.64. The van der Waals surface area contributed by atoms with Crippen LogP contribution in [0.5, 0.6) is 0 Å². The van der Waals surface area contributed by atoms with Crippen LogP contribution in [-0.4, -0.2) is 64.0 Å². The van der Waals surface area contributed by atoms with Gasteiger partial charge in [0.25, 0.3) is 0 Å². The first-order valence-corrected chi connectivity index (χ1v) is 10.7. The molecule has 3 atom stereocenters. The Hall–Kier alpha value is -1.28. The lowest BCUT2D eigenvalue weighted by atomic mass is 9.91. The van der Waals surface area contributed by atoms with Crippen LogP contribution in [0.25, 0.3) is 0 Å². The summed E-state index contributed by atoms with van der Waals surface area (Å²) < 4.78 is 1.11. The SMILES string of the molecule is CC[C@H](O)[C@@H]1C(=O)N2C=C(SCCN(C)CC(=O)c3ccccc3)S[C@H]12. The first-order valence-electron chi connectivity index (χ1n) is 8.79. The molecule has 0 unspecified atom stereocenters. The lowest BCUT2D eigenvalue weighted by molar-refractivity contribution is -0.152. The summed E-state index contributed by atoms with van der Waals surface area (Å²) >= 11 is 3.36. The van der Waals surface area contributed by atoms with Gasteiger partial charge in [0.05, 0.1) is 22.8 Å². The molecule has 0 bridgehead atoms. The summed E-state index contributed by atoms with van der Waals surface area (Å²) in [7, 11) is 1.95. The van der Waals surface area contributed by atoms with Crippen LogP contribution in [-0.2, 0) is 4.79 Å². The van der Waals surface area contributed by atoms with Crippen molar-refractivity contribution in [1.82, 2.24) is 9.80 Å². The maximum absolute atomic E-state index is 12.2. The van der Waals surface area contributed by atoms with Crippen LogP contribution in [0.2, 0.25) is 0 Å². The molecule has 0 aromatic heterocycles. The fourth-order valence-corrected chi connectivity index (χ4v) is 5.81. The van der Waals surface area contributed by atoms with Gasteiger partial charge in [-0.25, -0.2) is 0 Å². The number of ketones is 1. The molecule has 0 aliphatic carbocycles. The number of likely N-dealkylation sites (N-methyl/N-ethyl adjacent to an activating group) is 1. The summed E-state index contributed by atoms with van der Waals surface area (Å²) in [6.45, 7) is 3.09. The van der Waals surface area contributed by atoms with E-state index in [4.69, 9.17) is 0 Å². The number of nitrogens with zero attached hydrogens (tertiary/aromatic N) is 2. The van der Waals surface area contributed by atoms with E-state index < -0.39 is 6.10 Å². The third-order valence-electron chi connectivity index (χ3n) is 4.66. The van der Waals surface area contributed by atoms with Gasteiger partial charge in [-0.2, -0.15) is 0 Å². The molecular weight excluding hydrogens is 368 g/mol. The van der Waals surface area contributed by atoms with Crippen LogP contribution in [0.1, 0.15) is 23.7 Å². The molecule has 140 valence electrons. The quantitative estimate of drug-likeness (QED) is 0.515. The number of thioether (sulfide) groups is 2. The zero-order chi connectivity index (χ0) is 18.7. The number of carbonyl (C=O) groups is 2. The van der Waals surface area contributed by atoms with Crippen molar-refractivity contribution in [2.75, 3.05) is 25.9 Å². The molecular formula is C19H24N2O3S2. The number of aliphatic hydroxyl groups is 1. The van der Waals surface area contributed by atoms with Crippen LogP contribution in [0.4, 0.5) is 0 Å². The van der Waals surface area contributed by atoms with Gasteiger partial charge in [-0.1, -0.05) is 49.0 Å². The van der Waals surface area contributed by atoms with E-state index in [2.05, 4.69) is 0 Å². The van der Waals surface area contributed by atoms with Crippen molar-refractivity contribution in [3.63, 3.8) is 0 Å². The number of β-lactam (4-membered cyclic amide) rings is 1. The van der Waals surface area contributed by atoms with E-state index in [0.29, 0.717) is 13.0 Å². The third kappa shape index (κ3) is 4.17. The number of carbonyl (C=O) groups excluding carboxylic acids is 2. The van der Waals surface area contributed by atoms with Gasteiger partial charge >= 0.3 is 0 Å². The molecule has 7 heteroatoms. The molecule has 5 nitrogen and oxygen atoms in total. The average molecular weight is 393 g/mol. The van der Waals surface area contributed by atoms with Gasteiger partial charge < -0.3 is 10.0 Å². The average Bonchev–Trinajstić information content (AvgIpc) is 3.01. The summed E-state index contributed by atoms with van der Waals surface area (Å²) in [5.41, 5.74) is 0.740. The highest BCUT2D eigenvalue weighted by Crippen LogP contribution is 2.50. The minimum atomic E-state index is -0.552. The number of benzene rings is 1. The minimum Gasteiger partial charge on any atom is -0.392 e. The predicted molar refractivity (Wildman–Crippen MR) is 107 cm³/mol. The first-order chi connectivity index (χ1) is 12.5. The molecule has 1 amide bonds. The summed E-state index contributed by atoms with van der Waals surface area (Å²) in [6.07, 6.45) is 1.95. The number of hydrogen-bond donors (Lipinski definition) is 1. The summed E-state index contributed by atoms with van der Waals surface area (Å²) in [4.78, 5) is 28.0. The standard InChI is InChI=1S/C19H24N2O3S2/c1-3-14(22)17-18(24)21-12-16(26-19(17)21)25-10-9-20(2)11-15(23)13-7-5-4-6-8-13/h4-8,12,14,17,19,22H,3,9-11H2,1-2H3/t14-,17+,19+/m0/s1. The van der Waals surface area contributed by atoms with Crippen LogP contribution < -0.4 is 0 Å². The molecule has 1 aromatic carbocycles. The lowest BCUT2D eigenvalue weighted by Crippen LogP contribution is -2.59. The van der Waals surface area contributed by atoms with E-state index >= 15 is 0 Å². The van der Waals surface area contributed by atoms with Crippen molar-refractivity contribution in [2.24, 2.45) is 5.92 Å². The first kappa shape index (κ1) is 19.5. The molecule has 0 spiro atoms. The Labute approximate surface area is 162 Å². The molecule has 1 saturated heterocycles. The van der Waals surface area contributed by atoms with Gasteiger partial charge in [0, 0.05) is 24.1 Å². The molecule has 2 heterocycles. The topological polar surface area (TPSA) is 60.9 Å². The van der Waals surface area contributed by atoms with Crippen molar-refractivity contribution >= 4 is 35.2 Å². The van der Waals surface area contributed by atoms with Gasteiger partial charge in [-0.3, -0.25) is 14.5 Å². The van der Waals surface area contributed by atoms with Crippen molar-refractivity contribution in [1.29, 1.82) is 0 Å². The van der Waals surface area contributed by atoms with E-state index in [1.807, 2.05) is 55.4 Å². The fraction of sp³-hybridized carbons (Fsp3) is 0.474. The largest absolute Gasteiger partial charge is 0.392 e. The Morgan fingerprint density at radius 2 is 2.12 bits per heavy atom. The number of fused-ring (bicyclic) bond motifs is 1. The maximum Gasteiger partial charge on any atom is 0.236 e. The number of rotatable bonds is 9. The molecule has 2 aliphatic rings. The molecule has 0 radical (unpaired) electrons. The molecule has 0 saturated carbocycles. The van der Waals surface area contributed by atoms with Crippen LogP contribution in [0, 0.1) is 5.92 Å². The van der Waals surface area contributed by atoms with Gasteiger partial charge in [-0.15, -0.1) is 11.8 Å². The monoisotopic (exact) mass is 392 g/mol. The fourth-order valence-electron chi connectivity index (χ4n) is 3.06. The Balaban J connectivity index is 1.41. The number of Topliss-reactive ketones (excluding diaryl/α,β-unsaturated/α-hetero) is 1. The normalized spacial score (nSPS) is 22.8. The summed E-state index contributed by atoms with van der Waals surface area (Å²) in [5, 5.41) is 10.0. The van der Waals surface area contributed by atoms with Crippen molar-refractivity contribution in [2.45, 2.75) is 24.8 Å². The second kappa shape index (κ2) is 8.61. The summed E-state index contributed by atoms with van der Waals surface area (Å²) in [5.74, 6) is 0.731. The van der Waals surface area contributed by atoms with Gasteiger partial charge in [0.15, 0.2) is 5.78 Å². The Kier molecular flexibility index (Phi) is 6.45. The van der Waals surface area contributed by atoms with E-state index in [1.54, 1.807) is 28.4 Å².